The summed E-state index contributed by atoms with van der Waals surface area (Å²) in [6.45, 7) is 4.19. The molecule has 1 fully saturated rings. The Balaban J connectivity index is 1.69. The van der Waals surface area contributed by atoms with Crippen molar-refractivity contribution in [2.75, 3.05) is 44.8 Å². The molecule has 0 aliphatic carbocycles. The number of ether oxygens (including phenoxy) is 2. The first-order valence-corrected chi connectivity index (χ1v) is 7.17. The number of nitrogens with one attached hydrogen (secondary N) is 1. The van der Waals surface area contributed by atoms with Gasteiger partial charge in [-0.15, -0.1) is 11.6 Å². The Morgan fingerprint density at radius 1 is 1.35 bits per heavy atom. The van der Waals surface area contributed by atoms with Gasteiger partial charge in [0.05, 0.1) is 24.3 Å². The number of hydrogen-bond donors (Lipinski definition) is 1. The van der Waals surface area contributed by atoms with Crippen LogP contribution in [-0.2, 0) is 9.53 Å². The van der Waals surface area contributed by atoms with Crippen LogP contribution in [0.4, 0.5) is 5.69 Å². The van der Waals surface area contributed by atoms with Crippen LogP contribution in [0.1, 0.15) is 10.9 Å². The Kier molecular flexibility index (Phi) is 4.10. The van der Waals surface area contributed by atoms with E-state index in [-0.39, 0.29) is 17.9 Å². The number of halogens is 1. The van der Waals surface area contributed by atoms with Crippen LogP contribution in [0.2, 0.25) is 0 Å². The molecular weight excluding hydrogens is 280 g/mol. The Labute approximate surface area is 122 Å². The molecule has 1 N–H and O–H groups in total. The van der Waals surface area contributed by atoms with Gasteiger partial charge in [0.15, 0.2) is 6.61 Å². The van der Waals surface area contributed by atoms with E-state index in [2.05, 4.69) is 10.2 Å². The van der Waals surface area contributed by atoms with E-state index in [1.54, 1.807) is 0 Å². The summed E-state index contributed by atoms with van der Waals surface area (Å²) in [6, 6.07) is 5.71. The molecule has 1 aromatic rings. The lowest BCUT2D eigenvalue weighted by atomic mass is 10.1. The number of amides is 1. The zero-order valence-corrected chi connectivity index (χ0v) is 11.9. The quantitative estimate of drug-likeness (QED) is 0.862. The van der Waals surface area contributed by atoms with Crippen LogP contribution < -0.4 is 10.1 Å². The molecule has 1 atom stereocenters. The molecule has 1 amide bonds. The van der Waals surface area contributed by atoms with Crippen molar-refractivity contribution in [2.24, 2.45) is 0 Å². The maximum Gasteiger partial charge on any atom is 0.262 e. The molecule has 5 nitrogen and oxygen atoms in total. The van der Waals surface area contributed by atoms with Crippen LogP contribution in [0.5, 0.6) is 5.75 Å². The SMILES string of the molecule is O=C1COc2ccc(C(Cl)CN3CCOCC3)cc2N1. The van der Waals surface area contributed by atoms with Crippen LogP contribution in [0, 0.1) is 0 Å². The summed E-state index contributed by atoms with van der Waals surface area (Å²) < 4.78 is 10.7. The molecule has 0 spiro atoms. The first-order valence-electron chi connectivity index (χ1n) is 6.73. The van der Waals surface area contributed by atoms with Crippen molar-refractivity contribution < 1.29 is 14.3 Å². The highest BCUT2D eigenvalue weighted by Crippen LogP contribution is 2.32. The fourth-order valence-electron chi connectivity index (χ4n) is 2.41. The van der Waals surface area contributed by atoms with E-state index in [1.165, 1.54) is 0 Å². The Bertz CT molecular complexity index is 503. The lowest BCUT2D eigenvalue weighted by molar-refractivity contribution is -0.118. The first-order chi connectivity index (χ1) is 9.72. The van der Waals surface area contributed by atoms with Gasteiger partial charge in [-0.1, -0.05) is 6.07 Å². The predicted octanol–water partition coefficient (Wildman–Crippen LogP) is 1.63. The van der Waals surface area contributed by atoms with Gasteiger partial charge in [-0.2, -0.15) is 0 Å². The largest absolute Gasteiger partial charge is 0.482 e. The van der Waals surface area contributed by atoms with Crippen molar-refractivity contribution in [2.45, 2.75) is 5.38 Å². The number of fused-ring (bicyclic) bond motifs is 1. The van der Waals surface area contributed by atoms with Gasteiger partial charge in [0.2, 0.25) is 0 Å². The van der Waals surface area contributed by atoms with Crippen LogP contribution >= 0.6 is 11.6 Å². The number of carbonyl (C=O) groups is 1. The number of morpholine rings is 1. The Morgan fingerprint density at radius 3 is 2.95 bits per heavy atom. The molecule has 3 rings (SSSR count). The highest BCUT2D eigenvalue weighted by Gasteiger charge is 2.20. The molecule has 1 aromatic carbocycles. The monoisotopic (exact) mass is 296 g/mol. The average molecular weight is 297 g/mol. The second kappa shape index (κ2) is 5.99. The molecule has 20 heavy (non-hydrogen) atoms. The molecule has 0 saturated carbocycles. The van der Waals surface area contributed by atoms with Crippen LogP contribution in [0.25, 0.3) is 0 Å². The van der Waals surface area contributed by atoms with Gasteiger partial charge in [-0.25, -0.2) is 0 Å². The van der Waals surface area contributed by atoms with Gasteiger partial charge in [0, 0.05) is 19.6 Å². The summed E-state index contributed by atoms with van der Waals surface area (Å²) in [5, 5.41) is 2.69. The van der Waals surface area contributed by atoms with E-state index in [0.29, 0.717) is 11.4 Å². The zero-order chi connectivity index (χ0) is 13.9. The zero-order valence-electron chi connectivity index (χ0n) is 11.1. The molecule has 0 radical (unpaired) electrons. The van der Waals surface area contributed by atoms with Crippen molar-refractivity contribution in [3.05, 3.63) is 23.8 Å². The third kappa shape index (κ3) is 3.06. The highest BCUT2D eigenvalue weighted by atomic mass is 35.5. The third-order valence-corrected chi connectivity index (χ3v) is 3.91. The maximum atomic E-state index is 11.3. The van der Waals surface area contributed by atoms with Crippen LogP contribution in [0.15, 0.2) is 18.2 Å². The van der Waals surface area contributed by atoms with E-state index < -0.39 is 0 Å². The van der Waals surface area contributed by atoms with Crippen molar-refractivity contribution in [3.8, 4) is 5.75 Å². The summed E-state index contributed by atoms with van der Waals surface area (Å²) in [5.41, 5.74) is 1.69. The smallest absolute Gasteiger partial charge is 0.262 e. The summed E-state index contributed by atoms with van der Waals surface area (Å²) >= 11 is 6.48. The number of anilines is 1. The van der Waals surface area contributed by atoms with E-state index in [9.17, 15) is 4.79 Å². The number of alkyl halides is 1. The van der Waals surface area contributed by atoms with Crippen molar-refractivity contribution in [3.63, 3.8) is 0 Å². The fourth-order valence-corrected chi connectivity index (χ4v) is 2.74. The van der Waals surface area contributed by atoms with Gasteiger partial charge in [-0.05, 0) is 17.7 Å². The molecule has 2 aliphatic rings. The standard InChI is InChI=1S/C14H17ClN2O3/c15-11(8-17-3-5-19-6-4-17)10-1-2-13-12(7-10)16-14(18)9-20-13/h1-2,7,11H,3-6,8-9H2,(H,16,18). The summed E-state index contributed by atoms with van der Waals surface area (Å²) in [6.07, 6.45) is 0. The van der Waals surface area contributed by atoms with Crippen LogP contribution in [0.3, 0.4) is 0 Å². The summed E-state index contributed by atoms with van der Waals surface area (Å²) in [5.74, 6) is 0.567. The molecule has 0 bridgehead atoms. The minimum atomic E-state index is -0.131. The average Bonchev–Trinajstić information content (AvgIpc) is 2.47. The molecule has 2 aliphatic heterocycles. The molecule has 0 aromatic heterocycles. The van der Waals surface area contributed by atoms with Gasteiger partial charge in [-0.3, -0.25) is 9.69 Å². The van der Waals surface area contributed by atoms with Gasteiger partial charge in [0.25, 0.3) is 5.91 Å². The number of benzene rings is 1. The summed E-state index contributed by atoms with van der Waals surface area (Å²) in [7, 11) is 0. The van der Waals surface area contributed by atoms with Crippen molar-refractivity contribution >= 4 is 23.2 Å². The predicted molar refractivity (Wildman–Crippen MR) is 76.4 cm³/mol. The topological polar surface area (TPSA) is 50.8 Å². The lowest BCUT2D eigenvalue weighted by Gasteiger charge is -2.28. The summed E-state index contributed by atoms with van der Waals surface area (Å²) in [4.78, 5) is 13.6. The minimum Gasteiger partial charge on any atom is -0.482 e. The van der Waals surface area contributed by atoms with Crippen molar-refractivity contribution in [1.29, 1.82) is 0 Å². The molecule has 1 unspecified atom stereocenters. The maximum absolute atomic E-state index is 11.3. The minimum absolute atomic E-state index is 0.0738. The van der Waals surface area contributed by atoms with Crippen LogP contribution in [-0.4, -0.2) is 50.3 Å². The number of carbonyl (C=O) groups excluding carboxylic acids is 1. The number of nitrogens with zero attached hydrogens (tertiary/aromatic N) is 1. The molecule has 1 saturated heterocycles. The van der Waals surface area contributed by atoms with Gasteiger partial charge in [0.1, 0.15) is 5.75 Å². The highest BCUT2D eigenvalue weighted by molar-refractivity contribution is 6.21. The lowest BCUT2D eigenvalue weighted by Crippen LogP contribution is -2.38. The molecule has 108 valence electrons. The first kappa shape index (κ1) is 13.7. The van der Waals surface area contributed by atoms with E-state index in [4.69, 9.17) is 21.1 Å². The molecule has 2 heterocycles. The van der Waals surface area contributed by atoms with Gasteiger partial charge >= 0.3 is 0 Å². The van der Waals surface area contributed by atoms with E-state index in [1.807, 2.05) is 18.2 Å². The fraction of sp³-hybridized carbons (Fsp3) is 0.500. The Morgan fingerprint density at radius 2 is 2.15 bits per heavy atom. The number of rotatable bonds is 3. The second-order valence-corrected chi connectivity index (χ2v) is 5.50. The van der Waals surface area contributed by atoms with E-state index in [0.717, 1.165) is 38.4 Å². The second-order valence-electron chi connectivity index (χ2n) is 4.97. The Hall–Kier alpha value is -1.30. The molecular formula is C14H17ClN2O3. The van der Waals surface area contributed by atoms with Crippen molar-refractivity contribution in [1.82, 2.24) is 4.90 Å². The normalized spacial score (nSPS) is 20.8. The molecule has 6 heteroatoms. The third-order valence-electron chi connectivity index (χ3n) is 3.52. The number of hydrogen-bond acceptors (Lipinski definition) is 4. The van der Waals surface area contributed by atoms with E-state index >= 15 is 0 Å². The van der Waals surface area contributed by atoms with Gasteiger partial charge < -0.3 is 14.8 Å².